The molecule has 0 spiro atoms. The Balaban J connectivity index is 1.95. The van der Waals surface area contributed by atoms with Crippen LogP contribution in [0.2, 0.25) is 0 Å². The number of aromatic hydroxyl groups is 2. The van der Waals surface area contributed by atoms with E-state index in [9.17, 15) is 15.0 Å². The number of fused-ring (bicyclic) bond motifs is 2. The maximum Gasteiger partial charge on any atom is 0.189 e. The number of rotatable bonds is 10. The number of aliphatic hydroxyl groups excluding tert-OH is 2. The maximum atomic E-state index is 12.7. The largest absolute Gasteiger partial charge is 0.507 e. The third-order valence-corrected chi connectivity index (χ3v) is 5.48. The van der Waals surface area contributed by atoms with Gasteiger partial charge >= 0.3 is 0 Å². The fourth-order valence-corrected chi connectivity index (χ4v) is 4.08. The predicted octanol–water partition coefficient (Wildman–Crippen LogP) is -0.450. The Morgan fingerprint density at radius 2 is 1.62 bits per heavy atom. The molecule has 0 saturated heterocycles. The highest BCUT2D eigenvalue weighted by Gasteiger charge is 2.21. The molecule has 0 aliphatic carbocycles. The number of H-pyrrole nitrogens is 1. The molecule has 4 aromatic rings. The molecule has 10 heteroatoms. The number of phenolic OH excluding ortho intramolecular Hbond substituents is 2. The Morgan fingerprint density at radius 3 is 2.38 bits per heavy atom. The maximum absolute atomic E-state index is 12.7. The molecule has 4 rings (SSSR count). The quantitative estimate of drug-likeness (QED) is 0.130. The first-order valence-corrected chi connectivity index (χ1v) is 10.6. The van der Waals surface area contributed by atoms with Gasteiger partial charge in [0.25, 0.3) is 0 Å². The van der Waals surface area contributed by atoms with Crippen LogP contribution in [0, 0.1) is 0 Å². The van der Waals surface area contributed by atoms with E-state index in [0.717, 1.165) is 5.52 Å². The van der Waals surface area contributed by atoms with Crippen LogP contribution in [0.4, 0.5) is 0 Å². The summed E-state index contributed by atoms with van der Waals surface area (Å²) in [7, 11) is 0. The number of hydrogen-bond acceptors (Lipinski definition) is 8. The molecule has 0 atom stereocenters. The van der Waals surface area contributed by atoms with Crippen molar-refractivity contribution in [3.63, 3.8) is 0 Å². The zero-order chi connectivity index (χ0) is 22.7. The molecule has 0 amide bonds. The minimum absolute atomic E-state index is 0.0403. The smallest absolute Gasteiger partial charge is 0.189 e. The first kappa shape index (κ1) is 22.0. The highest BCUT2D eigenvalue weighted by Crippen LogP contribution is 2.41. The zero-order valence-corrected chi connectivity index (χ0v) is 17.6. The zero-order valence-electron chi connectivity index (χ0n) is 17.6. The summed E-state index contributed by atoms with van der Waals surface area (Å²) in [6.07, 6.45) is 0. The van der Waals surface area contributed by atoms with Gasteiger partial charge < -0.3 is 31.1 Å². The van der Waals surface area contributed by atoms with E-state index in [4.69, 9.17) is 10.2 Å². The van der Waals surface area contributed by atoms with Gasteiger partial charge in [-0.05, 0) is 24.3 Å². The molecule has 0 saturated carbocycles. The van der Waals surface area contributed by atoms with Gasteiger partial charge in [0.2, 0.25) is 0 Å². The summed E-state index contributed by atoms with van der Waals surface area (Å²) >= 11 is 0. The monoisotopic (exact) mass is 441 g/mol. The van der Waals surface area contributed by atoms with Crippen LogP contribution in [-0.4, -0.2) is 76.1 Å². The van der Waals surface area contributed by atoms with Gasteiger partial charge in [0, 0.05) is 31.6 Å². The van der Waals surface area contributed by atoms with Crippen molar-refractivity contribution in [1.29, 1.82) is 0 Å². The SMILES string of the molecule is O=c1ccc(O)c2c(O)c3c(=NCCNCCO)ccc4c3c([nH]n4CCNCCO)c12. The molecule has 10 nitrogen and oxygen atoms in total. The molecule has 0 aliphatic heterocycles. The molecule has 7 N–H and O–H groups in total. The van der Waals surface area contributed by atoms with Gasteiger partial charge in [-0.15, -0.1) is 0 Å². The average Bonchev–Trinajstić information content (AvgIpc) is 3.15. The first-order chi connectivity index (χ1) is 15.6. The summed E-state index contributed by atoms with van der Waals surface area (Å²) in [5.74, 6) is -0.360. The van der Waals surface area contributed by atoms with Crippen LogP contribution in [0.15, 0.2) is 34.1 Å². The van der Waals surface area contributed by atoms with Crippen LogP contribution in [0.3, 0.4) is 0 Å². The minimum Gasteiger partial charge on any atom is -0.507 e. The molecule has 1 aromatic heterocycles. The highest BCUT2D eigenvalue weighted by molar-refractivity contribution is 6.23. The average molecular weight is 441 g/mol. The van der Waals surface area contributed by atoms with Crippen LogP contribution < -0.4 is 21.4 Å². The Kier molecular flexibility index (Phi) is 6.56. The summed E-state index contributed by atoms with van der Waals surface area (Å²) in [6, 6.07) is 6.26. The fraction of sp³-hybridized carbons (Fsp3) is 0.364. The Hall–Kier alpha value is -3.18. The van der Waals surface area contributed by atoms with Gasteiger partial charge in [-0.3, -0.25) is 19.6 Å². The van der Waals surface area contributed by atoms with Gasteiger partial charge in [0.05, 0.1) is 58.9 Å². The number of aliphatic hydroxyl groups is 2. The number of phenols is 2. The van der Waals surface area contributed by atoms with E-state index in [2.05, 4.69) is 20.7 Å². The van der Waals surface area contributed by atoms with Gasteiger partial charge in [0.15, 0.2) is 5.43 Å². The third-order valence-electron chi connectivity index (χ3n) is 5.48. The summed E-state index contributed by atoms with van der Waals surface area (Å²) in [5, 5.41) is 50.9. The van der Waals surface area contributed by atoms with Crippen molar-refractivity contribution in [3.05, 3.63) is 39.8 Å². The number of aromatic nitrogens is 2. The Bertz CT molecular complexity index is 1360. The van der Waals surface area contributed by atoms with Crippen molar-refractivity contribution in [2.24, 2.45) is 4.99 Å². The fourth-order valence-electron chi connectivity index (χ4n) is 4.08. The predicted molar refractivity (Wildman–Crippen MR) is 122 cm³/mol. The Morgan fingerprint density at radius 1 is 0.875 bits per heavy atom. The molecular weight excluding hydrogens is 414 g/mol. The molecule has 0 unspecified atom stereocenters. The standard InChI is InChI=1S/C22H27N5O5/c28-11-8-23-5-6-25-13-1-2-14-18-17(13)22(32)20-16(31)4-3-15(30)19(20)21(18)26-27(14)10-7-24-9-12-29/h1-4,23-24,26,28-29,31-32H,5-12H2. The highest BCUT2D eigenvalue weighted by atomic mass is 16.3. The molecule has 0 bridgehead atoms. The summed E-state index contributed by atoms with van der Waals surface area (Å²) in [6.45, 7) is 3.14. The number of nitrogens with zero attached hydrogens (tertiary/aromatic N) is 2. The van der Waals surface area contributed by atoms with Crippen LogP contribution in [0.25, 0.3) is 32.6 Å². The number of benzene rings is 3. The summed E-state index contributed by atoms with van der Waals surface area (Å²) < 4.78 is 1.87. The molecular formula is C22H27N5O5. The van der Waals surface area contributed by atoms with Crippen LogP contribution in [0.1, 0.15) is 0 Å². The minimum atomic E-state index is -0.306. The van der Waals surface area contributed by atoms with E-state index in [1.54, 1.807) is 6.07 Å². The van der Waals surface area contributed by atoms with Crippen molar-refractivity contribution in [3.8, 4) is 11.5 Å². The van der Waals surface area contributed by atoms with E-state index in [1.165, 1.54) is 12.1 Å². The lowest BCUT2D eigenvalue weighted by Crippen LogP contribution is -2.23. The van der Waals surface area contributed by atoms with E-state index in [0.29, 0.717) is 60.9 Å². The van der Waals surface area contributed by atoms with Gasteiger partial charge in [-0.1, -0.05) is 0 Å². The lowest BCUT2D eigenvalue weighted by Gasteiger charge is -2.09. The first-order valence-electron chi connectivity index (χ1n) is 10.6. The van der Waals surface area contributed by atoms with E-state index < -0.39 is 0 Å². The van der Waals surface area contributed by atoms with Crippen LogP contribution in [0.5, 0.6) is 11.5 Å². The molecule has 32 heavy (non-hydrogen) atoms. The molecule has 0 radical (unpaired) electrons. The second kappa shape index (κ2) is 9.53. The molecule has 0 fully saturated rings. The second-order valence-corrected chi connectivity index (χ2v) is 7.50. The van der Waals surface area contributed by atoms with Crippen LogP contribution >= 0.6 is 0 Å². The lowest BCUT2D eigenvalue weighted by molar-refractivity contribution is 0.291. The van der Waals surface area contributed by atoms with Crippen molar-refractivity contribution in [2.75, 3.05) is 45.9 Å². The molecule has 1 heterocycles. The lowest BCUT2D eigenvalue weighted by atomic mass is 9.99. The Labute approximate surface area is 182 Å². The number of aromatic amines is 1. The summed E-state index contributed by atoms with van der Waals surface area (Å²) in [5.41, 5.74) is 1.01. The number of hydrogen-bond donors (Lipinski definition) is 7. The van der Waals surface area contributed by atoms with Crippen molar-refractivity contribution >= 4 is 32.6 Å². The van der Waals surface area contributed by atoms with Crippen molar-refractivity contribution in [2.45, 2.75) is 6.54 Å². The van der Waals surface area contributed by atoms with Crippen molar-refractivity contribution in [1.82, 2.24) is 20.4 Å². The normalized spacial score (nSPS) is 12.6. The van der Waals surface area contributed by atoms with Gasteiger partial charge in [-0.2, -0.15) is 0 Å². The van der Waals surface area contributed by atoms with Gasteiger partial charge in [0.1, 0.15) is 11.5 Å². The van der Waals surface area contributed by atoms with E-state index in [-0.39, 0.29) is 40.9 Å². The van der Waals surface area contributed by atoms with Crippen molar-refractivity contribution < 1.29 is 20.4 Å². The number of nitrogens with one attached hydrogen (secondary N) is 3. The summed E-state index contributed by atoms with van der Waals surface area (Å²) in [4.78, 5) is 17.3. The molecule has 3 aromatic carbocycles. The van der Waals surface area contributed by atoms with E-state index in [1.807, 2.05) is 10.7 Å². The van der Waals surface area contributed by atoms with Gasteiger partial charge in [-0.25, -0.2) is 0 Å². The second-order valence-electron chi connectivity index (χ2n) is 7.50. The third kappa shape index (κ3) is 3.89. The molecule has 170 valence electrons. The topological polar surface area (TPSA) is 155 Å². The molecule has 0 aliphatic rings. The van der Waals surface area contributed by atoms with E-state index >= 15 is 0 Å². The van der Waals surface area contributed by atoms with Crippen LogP contribution in [-0.2, 0) is 6.54 Å².